The number of amides is 1. The maximum atomic E-state index is 11.1. The van der Waals surface area contributed by atoms with Crippen molar-refractivity contribution in [3.05, 3.63) is 12.2 Å². The predicted molar refractivity (Wildman–Crippen MR) is 53.0 cm³/mol. The van der Waals surface area contributed by atoms with E-state index >= 15 is 0 Å². The molecule has 0 aliphatic heterocycles. The van der Waals surface area contributed by atoms with E-state index in [9.17, 15) is 4.79 Å². The normalized spacial score (nSPS) is 12.5. The minimum absolute atomic E-state index is 0.158. The van der Waals surface area contributed by atoms with Crippen molar-refractivity contribution in [2.75, 3.05) is 6.54 Å². The van der Waals surface area contributed by atoms with Crippen LogP contribution in [0.4, 0.5) is 0 Å². The molecule has 1 aromatic heterocycles. The Bertz CT molecular complexity index is 310. The Morgan fingerprint density at radius 3 is 3.00 bits per heavy atom. The summed E-state index contributed by atoms with van der Waals surface area (Å²) in [7, 11) is 1.86. The first-order valence-electron chi connectivity index (χ1n) is 4.36. The average Bonchev–Trinajstić information content (AvgIpc) is 2.51. The van der Waals surface area contributed by atoms with Gasteiger partial charge in [-0.1, -0.05) is 0 Å². The summed E-state index contributed by atoms with van der Waals surface area (Å²) in [5.74, 6) is 0.682. The van der Waals surface area contributed by atoms with Gasteiger partial charge >= 0.3 is 0 Å². The van der Waals surface area contributed by atoms with Crippen LogP contribution in [0.2, 0.25) is 0 Å². The van der Waals surface area contributed by atoms with Crippen LogP contribution in [0.3, 0.4) is 0 Å². The minimum atomic E-state index is -0.491. The molecule has 0 radical (unpaired) electrons. The molecule has 1 heterocycles. The summed E-state index contributed by atoms with van der Waals surface area (Å²) < 4.78 is 1.82. The highest BCUT2D eigenvalue weighted by Crippen LogP contribution is 1.94. The lowest BCUT2D eigenvalue weighted by molar-refractivity contribution is -0.120. The van der Waals surface area contributed by atoms with Crippen LogP contribution in [0.15, 0.2) is 6.33 Å². The van der Waals surface area contributed by atoms with Gasteiger partial charge in [-0.2, -0.15) is 0 Å². The van der Waals surface area contributed by atoms with Gasteiger partial charge in [0.05, 0.1) is 0 Å². The van der Waals surface area contributed by atoms with E-state index in [0.717, 1.165) is 5.82 Å². The van der Waals surface area contributed by atoms with Crippen molar-refractivity contribution in [3.8, 4) is 0 Å². The van der Waals surface area contributed by atoms with E-state index in [0.29, 0.717) is 13.0 Å². The summed E-state index contributed by atoms with van der Waals surface area (Å²) in [5, 5.41) is 9.82. The van der Waals surface area contributed by atoms with Gasteiger partial charge in [-0.05, 0) is 6.92 Å². The topological polar surface area (TPSA) is 59.8 Å². The van der Waals surface area contributed by atoms with Gasteiger partial charge in [0.2, 0.25) is 5.91 Å². The summed E-state index contributed by atoms with van der Waals surface area (Å²) >= 11 is 5.57. The van der Waals surface area contributed by atoms with Crippen LogP contribution in [0, 0.1) is 0 Å². The van der Waals surface area contributed by atoms with Gasteiger partial charge in [0, 0.05) is 20.0 Å². The number of carbonyl (C=O) groups is 1. The fourth-order valence-electron chi connectivity index (χ4n) is 0.972. The van der Waals surface area contributed by atoms with Crippen LogP contribution in [0.25, 0.3) is 0 Å². The fraction of sp³-hybridized carbons (Fsp3) is 0.625. The summed E-state index contributed by atoms with van der Waals surface area (Å²) in [4.78, 5) is 11.1. The molecule has 1 unspecified atom stereocenters. The van der Waals surface area contributed by atoms with Crippen LogP contribution in [0.5, 0.6) is 0 Å². The molecule has 0 saturated carbocycles. The molecule has 1 aromatic rings. The Balaban J connectivity index is 2.29. The van der Waals surface area contributed by atoms with E-state index in [-0.39, 0.29) is 5.91 Å². The number of aromatic nitrogens is 3. The molecule has 1 atom stereocenters. The van der Waals surface area contributed by atoms with E-state index in [1.54, 1.807) is 13.3 Å². The Morgan fingerprint density at radius 2 is 2.50 bits per heavy atom. The molecule has 6 heteroatoms. The lowest BCUT2D eigenvalue weighted by Gasteiger charge is -2.05. The number of nitrogens with one attached hydrogen (secondary N) is 1. The lowest BCUT2D eigenvalue weighted by Crippen LogP contribution is -2.31. The van der Waals surface area contributed by atoms with Gasteiger partial charge in [-0.15, -0.1) is 21.8 Å². The van der Waals surface area contributed by atoms with Gasteiger partial charge in [0.15, 0.2) is 0 Å². The monoisotopic (exact) mass is 216 g/mol. The first kappa shape index (κ1) is 11.0. The van der Waals surface area contributed by atoms with E-state index in [2.05, 4.69) is 15.5 Å². The molecule has 1 rings (SSSR count). The third-order valence-corrected chi connectivity index (χ3v) is 2.01. The minimum Gasteiger partial charge on any atom is -0.354 e. The van der Waals surface area contributed by atoms with Gasteiger partial charge in [0.1, 0.15) is 17.5 Å². The molecule has 0 saturated heterocycles. The smallest absolute Gasteiger partial charge is 0.237 e. The molecule has 5 nitrogen and oxygen atoms in total. The molecule has 14 heavy (non-hydrogen) atoms. The Morgan fingerprint density at radius 1 is 1.79 bits per heavy atom. The average molecular weight is 217 g/mol. The molecule has 0 bridgehead atoms. The van der Waals surface area contributed by atoms with Crippen molar-refractivity contribution in [3.63, 3.8) is 0 Å². The van der Waals surface area contributed by atoms with Gasteiger partial charge in [0.25, 0.3) is 0 Å². The first-order valence-corrected chi connectivity index (χ1v) is 4.79. The van der Waals surface area contributed by atoms with Gasteiger partial charge in [-0.3, -0.25) is 4.79 Å². The van der Waals surface area contributed by atoms with Crippen LogP contribution >= 0.6 is 11.6 Å². The Kier molecular flexibility index (Phi) is 3.88. The molecule has 1 N–H and O–H groups in total. The molecule has 0 aromatic carbocycles. The zero-order chi connectivity index (χ0) is 10.6. The number of hydrogen-bond donors (Lipinski definition) is 1. The summed E-state index contributed by atoms with van der Waals surface area (Å²) in [6.45, 7) is 2.17. The highest BCUT2D eigenvalue weighted by atomic mass is 35.5. The number of hydrogen-bond acceptors (Lipinski definition) is 3. The molecular weight excluding hydrogens is 204 g/mol. The van der Waals surface area contributed by atoms with Crippen LogP contribution in [-0.4, -0.2) is 32.6 Å². The number of rotatable bonds is 4. The number of aryl methyl sites for hydroxylation is 1. The lowest BCUT2D eigenvalue weighted by atomic mass is 10.3. The van der Waals surface area contributed by atoms with E-state index < -0.39 is 5.38 Å². The van der Waals surface area contributed by atoms with Crippen molar-refractivity contribution in [1.82, 2.24) is 20.1 Å². The second-order valence-electron chi connectivity index (χ2n) is 3.02. The zero-order valence-electron chi connectivity index (χ0n) is 8.20. The highest BCUT2D eigenvalue weighted by Gasteiger charge is 2.08. The van der Waals surface area contributed by atoms with Crippen LogP contribution in [0.1, 0.15) is 12.7 Å². The highest BCUT2D eigenvalue weighted by molar-refractivity contribution is 6.30. The molecule has 0 spiro atoms. The third kappa shape index (κ3) is 2.99. The molecule has 0 fully saturated rings. The van der Waals surface area contributed by atoms with Crippen LogP contribution < -0.4 is 5.32 Å². The van der Waals surface area contributed by atoms with Crippen LogP contribution in [-0.2, 0) is 18.3 Å². The molecule has 0 aliphatic carbocycles. The quantitative estimate of drug-likeness (QED) is 0.727. The third-order valence-electron chi connectivity index (χ3n) is 1.81. The zero-order valence-corrected chi connectivity index (χ0v) is 8.95. The van der Waals surface area contributed by atoms with Crippen molar-refractivity contribution in [2.45, 2.75) is 18.7 Å². The number of carbonyl (C=O) groups excluding carboxylic acids is 1. The van der Waals surface area contributed by atoms with E-state index in [1.807, 2.05) is 11.6 Å². The Hall–Kier alpha value is -1.10. The van der Waals surface area contributed by atoms with Crippen molar-refractivity contribution in [2.24, 2.45) is 7.05 Å². The summed E-state index contributed by atoms with van der Waals surface area (Å²) in [5.41, 5.74) is 0. The number of alkyl halides is 1. The second kappa shape index (κ2) is 4.95. The van der Waals surface area contributed by atoms with E-state index in [4.69, 9.17) is 11.6 Å². The molecule has 1 amide bonds. The molecular formula is C8H13ClN4O. The predicted octanol–water partition coefficient (Wildman–Crippen LogP) is 0.101. The summed E-state index contributed by atoms with van der Waals surface area (Å²) in [6.07, 6.45) is 2.28. The maximum absolute atomic E-state index is 11.1. The second-order valence-corrected chi connectivity index (χ2v) is 3.67. The fourth-order valence-corrected chi connectivity index (χ4v) is 1.05. The van der Waals surface area contributed by atoms with Gasteiger partial charge < -0.3 is 9.88 Å². The SMILES string of the molecule is CC(Cl)C(=O)NCCc1nncn1C. The number of nitrogens with zero attached hydrogens (tertiary/aromatic N) is 3. The molecule has 78 valence electrons. The largest absolute Gasteiger partial charge is 0.354 e. The number of halogens is 1. The summed E-state index contributed by atoms with van der Waals surface area (Å²) in [6, 6.07) is 0. The van der Waals surface area contributed by atoms with Crippen molar-refractivity contribution >= 4 is 17.5 Å². The van der Waals surface area contributed by atoms with Crippen molar-refractivity contribution < 1.29 is 4.79 Å². The standard InChI is InChI=1S/C8H13ClN4O/c1-6(9)8(14)10-4-3-7-12-11-5-13(7)2/h5-6H,3-4H2,1-2H3,(H,10,14). The first-order chi connectivity index (χ1) is 6.61. The maximum Gasteiger partial charge on any atom is 0.237 e. The Labute approximate surface area is 87.5 Å². The van der Waals surface area contributed by atoms with E-state index in [1.165, 1.54) is 0 Å². The van der Waals surface area contributed by atoms with Gasteiger partial charge in [-0.25, -0.2) is 0 Å². The molecule has 0 aliphatic rings. The van der Waals surface area contributed by atoms with Crippen molar-refractivity contribution in [1.29, 1.82) is 0 Å².